The fourth-order valence-corrected chi connectivity index (χ4v) is 3.95. The summed E-state index contributed by atoms with van der Waals surface area (Å²) >= 11 is 6.16. The lowest BCUT2D eigenvalue weighted by molar-refractivity contribution is 0.174. The van der Waals surface area contributed by atoms with E-state index in [1.807, 2.05) is 42.5 Å². The lowest BCUT2D eigenvalue weighted by Crippen LogP contribution is -2.18. The minimum absolute atomic E-state index is 0.165. The minimum atomic E-state index is -0.165. The maximum absolute atomic E-state index is 13.2. The van der Waals surface area contributed by atoms with Crippen molar-refractivity contribution >= 4 is 22.4 Å². The topological polar surface area (TPSA) is 79.4 Å². The molecule has 1 aliphatic heterocycles. The number of benzene rings is 3. The van der Waals surface area contributed by atoms with Gasteiger partial charge in [-0.3, -0.25) is 9.36 Å². The van der Waals surface area contributed by atoms with Crippen molar-refractivity contribution in [2.24, 2.45) is 0 Å². The van der Waals surface area contributed by atoms with E-state index in [0.29, 0.717) is 44.9 Å². The average molecular weight is 444 g/mol. The van der Waals surface area contributed by atoms with Crippen LogP contribution in [0.5, 0.6) is 11.5 Å². The first-order valence-electron chi connectivity index (χ1n) is 9.82. The van der Waals surface area contributed by atoms with Gasteiger partial charge in [0.05, 0.1) is 11.3 Å². The third-order valence-electron chi connectivity index (χ3n) is 5.30. The highest BCUT2D eigenvalue weighted by Gasteiger charge is 2.19. The zero-order valence-electron chi connectivity index (χ0n) is 16.5. The number of hydrogen-bond donors (Lipinski definition) is 0. The van der Waals surface area contributed by atoms with Gasteiger partial charge in [-0.1, -0.05) is 41.0 Å². The van der Waals surface area contributed by atoms with Gasteiger partial charge in [-0.05, 0) is 42.5 Å². The Bertz CT molecular complexity index is 1560. The van der Waals surface area contributed by atoms with E-state index < -0.39 is 0 Å². The van der Waals surface area contributed by atoms with Crippen LogP contribution in [0.2, 0.25) is 5.02 Å². The Kier molecular flexibility index (Phi) is 4.22. The molecule has 2 aromatic heterocycles. The molecule has 3 heterocycles. The van der Waals surface area contributed by atoms with Crippen LogP contribution in [-0.4, -0.2) is 21.5 Å². The Balaban J connectivity index is 1.52. The summed E-state index contributed by atoms with van der Waals surface area (Å²) in [5.41, 5.74) is 1.85. The molecule has 7 nitrogen and oxygen atoms in total. The molecular weight excluding hydrogens is 430 g/mol. The second-order valence-electron chi connectivity index (χ2n) is 7.23. The molecule has 156 valence electrons. The van der Waals surface area contributed by atoms with Crippen LogP contribution in [-0.2, 0) is 0 Å². The summed E-state index contributed by atoms with van der Waals surface area (Å²) in [6, 6.07) is 19.9. The van der Waals surface area contributed by atoms with Gasteiger partial charge in [0.15, 0.2) is 11.5 Å². The second kappa shape index (κ2) is 7.25. The van der Waals surface area contributed by atoms with Gasteiger partial charge in [0, 0.05) is 27.6 Å². The third kappa shape index (κ3) is 3.02. The fourth-order valence-electron chi connectivity index (χ4n) is 3.77. The number of halogens is 1. The van der Waals surface area contributed by atoms with Crippen molar-refractivity contribution in [3.63, 3.8) is 0 Å². The molecule has 8 heteroatoms. The van der Waals surface area contributed by atoms with Crippen molar-refractivity contribution in [3.05, 3.63) is 88.3 Å². The lowest BCUT2D eigenvalue weighted by Gasteiger charge is -2.10. The molecule has 32 heavy (non-hydrogen) atoms. The molecule has 0 aliphatic carbocycles. The van der Waals surface area contributed by atoms with Crippen LogP contribution >= 0.6 is 11.6 Å². The van der Waals surface area contributed by atoms with E-state index in [0.717, 1.165) is 10.9 Å². The fraction of sp³-hybridized carbons (Fsp3) is 0.0417. The summed E-state index contributed by atoms with van der Waals surface area (Å²) in [6.45, 7) is 0.188. The molecule has 0 bridgehead atoms. The zero-order chi connectivity index (χ0) is 21.7. The number of nitrogens with zero attached hydrogens (tertiary/aromatic N) is 3. The summed E-state index contributed by atoms with van der Waals surface area (Å²) in [5, 5.41) is 5.93. The van der Waals surface area contributed by atoms with Gasteiger partial charge < -0.3 is 14.0 Å². The summed E-state index contributed by atoms with van der Waals surface area (Å²) in [7, 11) is 0. The van der Waals surface area contributed by atoms with E-state index in [4.69, 9.17) is 25.6 Å². The Morgan fingerprint density at radius 1 is 0.906 bits per heavy atom. The molecule has 0 atom stereocenters. The molecule has 0 radical (unpaired) electrons. The Hall–Kier alpha value is -4.10. The Morgan fingerprint density at radius 3 is 2.62 bits per heavy atom. The van der Waals surface area contributed by atoms with Crippen molar-refractivity contribution in [1.82, 2.24) is 14.7 Å². The van der Waals surface area contributed by atoms with E-state index in [1.54, 1.807) is 30.5 Å². The quantitative estimate of drug-likeness (QED) is 0.386. The van der Waals surface area contributed by atoms with E-state index in [-0.39, 0.29) is 12.4 Å². The smallest absolute Gasteiger partial charge is 0.262 e. The summed E-state index contributed by atoms with van der Waals surface area (Å²) in [4.78, 5) is 17.8. The monoisotopic (exact) mass is 443 g/mol. The first-order valence-corrected chi connectivity index (χ1v) is 10.2. The third-order valence-corrected chi connectivity index (χ3v) is 5.53. The summed E-state index contributed by atoms with van der Waals surface area (Å²) < 4.78 is 17.9. The number of pyridine rings is 1. The van der Waals surface area contributed by atoms with Gasteiger partial charge >= 0.3 is 0 Å². The van der Waals surface area contributed by atoms with Crippen LogP contribution < -0.4 is 15.0 Å². The van der Waals surface area contributed by atoms with E-state index in [2.05, 4.69) is 10.1 Å². The molecule has 0 amide bonds. The van der Waals surface area contributed by atoms with Crippen LogP contribution in [0.4, 0.5) is 0 Å². The standard InChI is InChI=1S/C24H14ClN3O4/c25-15-4-3-5-16(11-15)28-12-19(17-6-1-2-7-18(17)24(28)29)23-26-22(27-32-23)14-8-9-20-21(10-14)31-13-30-20/h1-12H,13H2. The Morgan fingerprint density at radius 2 is 1.75 bits per heavy atom. The molecule has 0 N–H and O–H groups in total. The van der Waals surface area contributed by atoms with Crippen LogP contribution in [0, 0.1) is 0 Å². The zero-order valence-corrected chi connectivity index (χ0v) is 17.2. The van der Waals surface area contributed by atoms with Crippen LogP contribution in [0.1, 0.15) is 0 Å². The summed E-state index contributed by atoms with van der Waals surface area (Å²) in [6.07, 6.45) is 1.70. The highest BCUT2D eigenvalue weighted by atomic mass is 35.5. The highest BCUT2D eigenvalue weighted by molar-refractivity contribution is 6.30. The first-order chi connectivity index (χ1) is 15.7. The van der Waals surface area contributed by atoms with Crippen LogP contribution in [0.25, 0.3) is 39.3 Å². The van der Waals surface area contributed by atoms with Gasteiger partial charge in [-0.2, -0.15) is 4.98 Å². The molecule has 0 unspecified atom stereocenters. The molecule has 0 fully saturated rings. The molecule has 3 aromatic carbocycles. The van der Waals surface area contributed by atoms with E-state index >= 15 is 0 Å². The molecular formula is C24H14ClN3O4. The van der Waals surface area contributed by atoms with Crippen molar-refractivity contribution < 1.29 is 14.0 Å². The van der Waals surface area contributed by atoms with E-state index in [9.17, 15) is 4.79 Å². The Labute approximate surface area is 186 Å². The van der Waals surface area contributed by atoms with Crippen molar-refractivity contribution in [3.8, 4) is 40.0 Å². The second-order valence-corrected chi connectivity index (χ2v) is 7.67. The maximum Gasteiger partial charge on any atom is 0.262 e. The lowest BCUT2D eigenvalue weighted by atomic mass is 10.1. The number of ether oxygens (including phenoxy) is 2. The molecule has 6 rings (SSSR count). The van der Waals surface area contributed by atoms with Gasteiger partial charge in [-0.25, -0.2) is 0 Å². The predicted octanol–water partition coefficient (Wildman–Crippen LogP) is 5.09. The molecule has 0 saturated heterocycles. The predicted molar refractivity (Wildman–Crippen MR) is 119 cm³/mol. The largest absolute Gasteiger partial charge is 0.454 e. The number of fused-ring (bicyclic) bond motifs is 2. The van der Waals surface area contributed by atoms with Crippen LogP contribution in [0.15, 0.2) is 82.2 Å². The normalized spacial score (nSPS) is 12.4. The average Bonchev–Trinajstić information content (AvgIpc) is 3.49. The van der Waals surface area contributed by atoms with Gasteiger partial charge in [0.2, 0.25) is 12.6 Å². The van der Waals surface area contributed by atoms with E-state index in [1.165, 1.54) is 4.57 Å². The van der Waals surface area contributed by atoms with Crippen molar-refractivity contribution in [2.45, 2.75) is 0 Å². The van der Waals surface area contributed by atoms with Gasteiger partial charge in [-0.15, -0.1) is 0 Å². The highest BCUT2D eigenvalue weighted by Crippen LogP contribution is 2.36. The van der Waals surface area contributed by atoms with Gasteiger partial charge in [0.25, 0.3) is 11.4 Å². The van der Waals surface area contributed by atoms with Crippen molar-refractivity contribution in [2.75, 3.05) is 6.79 Å². The maximum atomic E-state index is 13.2. The number of aromatic nitrogens is 3. The van der Waals surface area contributed by atoms with Gasteiger partial charge in [0.1, 0.15) is 0 Å². The summed E-state index contributed by atoms with van der Waals surface area (Å²) in [5.74, 6) is 2.01. The SMILES string of the molecule is O=c1c2ccccc2c(-c2nc(-c3ccc4c(c3)OCO4)no2)cn1-c1cccc(Cl)c1. The number of hydrogen-bond acceptors (Lipinski definition) is 6. The van der Waals surface area contributed by atoms with Crippen LogP contribution in [0.3, 0.4) is 0 Å². The molecule has 5 aromatic rings. The molecule has 0 saturated carbocycles. The number of rotatable bonds is 3. The first kappa shape index (κ1) is 18.7. The molecule has 0 spiro atoms. The van der Waals surface area contributed by atoms with Crippen molar-refractivity contribution in [1.29, 1.82) is 0 Å². The molecule has 1 aliphatic rings. The minimum Gasteiger partial charge on any atom is -0.454 e.